The molecule has 0 spiro atoms. The summed E-state index contributed by atoms with van der Waals surface area (Å²) in [7, 11) is 1.60. The smallest absolute Gasteiger partial charge is 0.256 e. The predicted molar refractivity (Wildman–Crippen MR) is 134 cm³/mol. The van der Waals surface area contributed by atoms with E-state index in [1.54, 1.807) is 12.0 Å². The van der Waals surface area contributed by atoms with E-state index in [2.05, 4.69) is 22.0 Å². The summed E-state index contributed by atoms with van der Waals surface area (Å²) in [5.41, 5.74) is 4.96. The van der Waals surface area contributed by atoms with Crippen molar-refractivity contribution in [3.63, 3.8) is 0 Å². The number of benzene rings is 3. The van der Waals surface area contributed by atoms with Crippen LogP contribution in [0.1, 0.15) is 22.9 Å². The lowest BCUT2D eigenvalue weighted by Crippen LogP contribution is -2.44. The Hall–Kier alpha value is -3.35. The second-order valence-electron chi connectivity index (χ2n) is 8.27. The highest BCUT2D eigenvalue weighted by Gasteiger charge is 2.51. The number of methoxy groups -OCH3 is 1. The third-order valence-corrected chi connectivity index (χ3v) is 7.21. The number of halogens is 1. The number of nitrogens with one attached hydrogen (secondary N) is 1. The number of rotatable bonds is 3. The van der Waals surface area contributed by atoms with Gasteiger partial charge in [0.2, 0.25) is 0 Å². The maximum Gasteiger partial charge on any atom is 0.256 e. The molecule has 2 aliphatic rings. The number of aromatic amines is 1. The summed E-state index contributed by atoms with van der Waals surface area (Å²) in [6.45, 7) is 0. The van der Waals surface area contributed by atoms with Crippen molar-refractivity contribution in [3.05, 3.63) is 94.6 Å². The molecule has 2 aliphatic heterocycles. The van der Waals surface area contributed by atoms with Gasteiger partial charge < -0.3 is 14.6 Å². The normalized spacial score (nSPS) is 19.7. The van der Waals surface area contributed by atoms with Crippen LogP contribution in [-0.4, -0.2) is 34.1 Å². The van der Waals surface area contributed by atoms with Crippen LogP contribution in [0.4, 0.5) is 5.69 Å². The minimum absolute atomic E-state index is 0.0422. The highest BCUT2D eigenvalue weighted by Crippen LogP contribution is 2.46. The number of aromatic nitrogens is 1. The van der Waals surface area contributed by atoms with Crippen LogP contribution in [0.3, 0.4) is 0 Å². The van der Waals surface area contributed by atoms with Gasteiger partial charge in [0, 0.05) is 28.0 Å². The van der Waals surface area contributed by atoms with E-state index in [4.69, 9.17) is 28.6 Å². The summed E-state index contributed by atoms with van der Waals surface area (Å²) in [5.74, 6) is 0.569. The van der Waals surface area contributed by atoms with Crippen molar-refractivity contribution < 1.29 is 9.53 Å². The van der Waals surface area contributed by atoms with Crippen LogP contribution < -0.4 is 9.64 Å². The number of para-hydroxylation sites is 3. The summed E-state index contributed by atoms with van der Waals surface area (Å²) in [6, 6.07) is 22.8. The maximum atomic E-state index is 13.8. The highest BCUT2D eigenvalue weighted by molar-refractivity contribution is 7.80. The van der Waals surface area contributed by atoms with Crippen LogP contribution in [0.5, 0.6) is 5.75 Å². The van der Waals surface area contributed by atoms with Crippen LogP contribution in [-0.2, 0) is 11.2 Å². The fourth-order valence-corrected chi connectivity index (χ4v) is 5.65. The average Bonchev–Trinajstić information content (AvgIpc) is 3.33. The Kier molecular flexibility index (Phi) is 4.67. The third-order valence-electron chi connectivity index (χ3n) is 6.56. The Balaban J connectivity index is 1.55. The molecule has 4 aromatic rings. The number of amides is 1. The molecule has 6 rings (SSSR count). The molecule has 1 aromatic heterocycles. The first-order valence-electron chi connectivity index (χ1n) is 10.7. The molecule has 2 atom stereocenters. The number of H-pyrrole nitrogens is 1. The van der Waals surface area contributed by atoms with Gasteiger partial charge in [-0.1, -0.05) is 54.1 Å². The largest absolute Gasteiger partial charge is 0.495 e. The van der Waals surface area contributed by atoms with Gasteiger partial charge in [0.05, 0.1) is 18.8 Å². The molecule has 7 heteroatoms. The van der Waals surface area contributed by atoms with E-state index in [0.29, 0.717) is 28.0 Å². The molecule has 3 aromatic carbocycles. The van der Waals surface area contributed by atoms with Crippen LogP contribution in [0.2, 0.25) is 5.02 Å². The van der Waals surface area contributed by atoms with Crippen molar-refractivity contribution >= 4 is 51.4 Å². The molecule has 164 valence electrons. The maximum absolute atomic E-state index is 13.8. The molecule has 0 radical (unpaired) electrons. The zero-order valence-corrected chi connectivity index (χ0v) is 19.4. The number of thiocarbonyl (C=S) groups is 1. The van der Waals surface area contributed by atoms with Gasteiger partial charge in [-0.25, -0.2) is 0 Å². The molecule has 0 aliphatic carbocycles. The Morgan fingerprint density at radius 2 is 1.76 bits per heavy atom. The van der Waals surface area contributed by atoms with E-state index in [1.165, 1.54) is 0 Å². The Morgan fingerprint density at radius 1 is 1.03 bits per heavy atom. The van der Waals surface area contributed by atoms with Crippen molar-refractivity contribution in [2.45, 2.75) is 18.5 Å². The topological polar surface area (TPSA) is 48.6 Å². The molecular weight excluding hydrogens is 454 g/mol. The minimum atomic E-state index is -0.408. The van der Waals surface area contributed by atoms with Crippen LogP contribution in [0, 0.1) is 0 Å². The van der Waals surface area contributed by atoms with Gasteiger partial charge in [0.15, 0.2) is 5.11 Å². The van der Waals surface area contributed by atoms with E-state index in [1.807, 2.05) is 60.7 Å². The highest BCUT2D eigenvalue weighted by atomic mass is 35.5. The second-order valence-corrected chi connectivity index (χ2v) is 9.07. The molecule has 0 saturated carbocycles. The molecule has 5 nitrogen and oxygen atoms in total. The second kappa shape index (κ2) is 7.61. The number of anilines is 1. The summed E-state index contributed by atoms with van der Waals surface area (Å²) in [4.78, 5) is 21.1. The molecule has 33 heavy (non-hydrogen) atoms. The molecule has 1 N–H and O–H groups in total. The Bertz CT molecular complexity index is 1410. The van der Waals surface area contributed by atoms with E-state index in [-0.39, 0.29) is 11.9 Å². The zero-order chi connectivity index (χ0) is 22.7. The standard InChI is InChI=1S/C26H20ClN3O2S/c1-32-22-9-5-4-8-20(22)30-25(31)21-14-18-17-6-2-3-7-19(17)28-23(18)24(29(21)26(30)33)15-10-12-16(27)13-11-15/h2-13,21,24,28H,14H2,1H3/t21-,24-/m0/s1. The van der Waals surface area contributed by atoms with Gasteiger partial charge >= 0.3 is 0 Å². The van der Waals surface area contributed by atoms with Gasteiger partial charge in [-0.05, 0) is 53.7 Å². The lowest BCUT2D eigenvalue weighted by molar-refractivity contribution is -0.120. The molecule has 0 bridgehead atoms. The SMILES string of the molecule is COc1ccccc1N1C(=O)[C@@H]2Cc3c([nH]c4ccccc34)[C@H](c3ccc(Cl)cc3)N2C1=S. The summed E-state index contributed by atoms with van der Waals surface area (Å²) in [6.07, 6.45) is 0.577. The number of carbonyl (C=O) groups is 1. The fraction of sp³-hybridized carbons (Fsp3) is 0.154. The zero-order valence-electron chi connectivity index (χ0n) is 17.8. The lowest BCUT2D eigenvalue weighted by Gasteiger charge is -2.37. The fourth-order valence-electron chi connectivity index (χ4n) is 5.10. The minimum Gasteiger partial charge on any atom is -0.495 e. The monoisotopic (exact) mass is 473 g/mol. The molecule has 1 fully saturated rings. The Labute approximate surface area is 201 Å². The first-order chi connectivity index (χ1) is 16.1. The molecule has 1 saturated heterocycles. The van der Waals surface area contributed by atoms with Crippen LogP contribution in [0.15, 0.2) is 72.8 Å². The third kappa shape index (κ3) is 2.98. The first-order valence-corrected chi connectivity index (χ1v) is 11.5. The van der Waals surface area contributed by atoms with E-state index in [0.717, 1.165) is 27.7 Å². The molecule has 0 unspecified atom stereocenters. The first kappa shape index (κ1) is 20.3. The van der Waals surface area contributed by atoms with Crippen molar-refractivity contribution in [2.24, 2.45) is 0 Å². The number of carbonyl (C=O) groups excluding carboxylic acids is 1. The molecule has 3 heterocycles. The average molecular weight is 474 g/mol. The number of ether oxygens (including phenoxy) is 1. The molecule has 1 amide bonds. The van der Waals surface area contributed by atoms with Crippen LogP contribution in [0.25, 0.3) is 10.9 Å². The molecular formula is C26H20ClN3O2S. The van der Waals surface area contributed by atoms with Gasteiger partial charge in [-0.15, -0.1) is 0 Å². The van der Waals surface area contributed by atoms with Crippen molar-refractivity contribution in [3.8, 4) is 5.75 Å². The quantitative estimate of drug-likeness (QED) is 0.400. The van der Waals surface area contributed by atoms with Gasteiger partial charge in [-0.3, -0.25) is 9.69 Å². The van der Waals surface area contributed by atoms with Gasteiger partial charge in [0.1, 0.15) is 11.8 Å². The van der Waals surface area contributed by atoms with Crippen molar-refractivity contribution in [1.82, 2.24) is 9.88 Å². The summed E-state index contributed by atoms with van der Waals surface area (Å²) in [5, 5.41) is 2.28. The van der Waals surface area contributed by atoms with Crippen molar-refractivity contribution in [1.29, 1.82) is 0 Å². The van der Waals surface area contributed by atoms with Gasteiger partial charge in [-0.2, -0.15) is 0 Å². The summed E-state index contributed by atoms with van der Waals surface area (Å²) >= 11 is 12.1. The van der Waals surface area contributed by atoms with E-state index >= 15 is 0 Å². The predicted octanol–water partition coefficient (Wildman–Crippen LogP) is 5.48. The number of fused-ring (bicyclic) bond motifs is 4. The van der Waals surface area contributed by atoms with Crippen molar-refractivity contribution in [2.75, 3.05) is 12.0 Å². The number of hydrogen-bond donors (Lipinski definition) is 1. The number of nitrogens with zero attached hydrogens (tertiary/aromatic N) is 2. The lowest BCUT2D eigenvalue weighted by atomic mass is 9.89. The van der Waals surface area contributed by atoms with E-state index in [9.17, 15) is 4.79 Å². The summed E-state index contributed by atoms with van der Waals surface area (Å²) < 4.78 is 5.54. The van der Waals surface area contributed by atoms with E-state index < -0.39 is 6.04 Å². The van der Waals surface area contributed by atoms with Gasteiger partial charge in [0.25, 0.3) is 5.91 Å². The Morgan fingerprint density at radius 3 is 2.55 bits per heavy atom. The number of hydrogen-bond acceptors (Lipinski definition) is 3. The van der Waals surface area contributed by atoms with Crippen LogP contribution >= 0.6 is 23.8 Å².